The van der Waals surface area contributed by atoms with E-state index in [1.807, 2.05) is 10.8 Å². The molecule has 1 aromatic rings. The monoisotopic (exact) mass is 418 g/mol. The van der Waals surface area contributed by atoms with Gasteiger partial charge >= 0.3 is 12.1 Å². The first-order valence-electron chi connectivity index (χ1n) is 8.14. The second-order valence-electron chi connectivity index (χ2n) is 6.00. The lowest BCUT2D eigenvalue weighted by atomic mass is 10.1. The first kappa shape index (κ1) is 16.0. The Kier molecular flexibility index (Phi) is 5.56. The number of rotatable bonds is 4. The molecular formula is C15H23IN4O2. The van der Waals surface area contributed by atoms with Gasteiger partial charge in [-0.1, -0.05) is 0 Å². The Hall–Kier alpha value is -0.830. The summed E-state index contributed by atoms with van der Waals surface area (Å²) in [5.74, 6) is 0. The van der Waals surface area contributed by atoms with Gasteiger partial charge in [0.25, 0.3) is 0 Å². The van der Waals surface area contributed by atoms with Crippen molar-refractivity contribution in [3.05, 3.63) is 9.90 Å². The maximum absolute atomic E-state index is 12.2. The van der Waals surface area contributed by atoms with Crippen LogP contribution in [-0.2, 0) is 6.54 Å². The van der Waals surface area contributed by atoms with Gasteiger partial charge in [0.1, 0.15) is 3.70 Å². The van der Waals surface area contributed by atoms with E-state index in [0.717, 1.165) is 42.7 Å². The summed E-state index contributed by atoms with van der Waals surface area (Å²) in [7, 11) is 0. The van der Waals surface area contributed by atoms with Crippen LogP contribution in [0.15, 0.2) is 6.20 Å². The summed E-state index contributed by atoms with van der Waals surface area (Å²) in [5.41, 5.74) is 0. The van der Waals surface area contributed by atoms with E-state index in [4.69, 9.17) is 4.74 Å². The molecule has 0 bridgehead atoms. The van der Waals surface area contributed by atoms with Crippen molar-refractivity contribution in [3.8, 4) is 6.01 Å². The molecule has 1 amide bonds. The van der Waals surface area contributed by atoms with Crippen LogP contribution in [0.25, 0.3) is 0 Å². The van der Waals surface area contributed by atoms with Crippen LogP contribution in [0.1, 0.15) is 32.1 Å². The van der Waals surface area contributed by atoms with Gasteiger partial charge in [-0.15, -0.1) is 0 Å². The van der Waals surface area contributed by atoms with E-state index < -0.39 is 0 Å². The molecule has 2 fully saturated rings. The average Bonchev–Trinajstić information content (AvgIpc) is 3.16. The molecule has 2 aliphatic rings. The lowest BCUT2D eigenvalue weighted by Gasteiger charge is -2.25. The van der Waals surface area contributed by atoms with Crippen molar-refractivity contribution in [3.63, 3.8) is 0 Å². The summed E-state index contributed by atoms with van der Waals surface area (Å²) < 4.78 is 8.36. The molecule has 0 spiro atoms. The number of aromatic nitrogens is 2. The molecule has 1 aromatic heterocycles. The molecular weight excluding hydrogens is 395 g/mol. The number of halogens is 1. The number of ether oxygens (including phenoxy) is 1. The van der Waals surface area contributed by atoms with Gasteiger partial charge in [-0.25, -0.2) is 4.79 Å². The predicted octanol–water partition coefficient (Wildman–Crippen LogP) is 2.57. The van der Waals surface area contributed by atoms with Crippen molar-refractivity contribution in [2.24, 2.45) is 0 Å². The third kappa shape index (κ3) is 4.13. The molecule has 22 heavy (non-hydrogen) atoms. The number of imidazole rings is 1. The first-order valence-corrected chi connectivity index (χ1v) is 9.22. The van der Waals surface area contributed by atoms with Crippen molar-refractivity contribution in [1.82, 2.24) is 19.4 Å². The minimum Gasteiger partial charge on any atom is -0.375 e. The maximum atomic E-state index is 12.2. The van der Waals surface area contributed by atoms with Gasteiger partial charge < -0.3 is 14.5 Å². The van der Waals surface area contributed by atoms with Gasteiger partial charge in [0.2, 0.25) is 0 Å². The molecule has 0 unspecified atom stereocenters. The Balaban J connectivity index is 1.58. The van der Waals surface area contributed by atoms with Crippen LogP contribution < -0.4 is 4.74 Å². The number of piperidine rings is 1. The third-order valence-corrected chi connectivity index (χ3v) is 4.88. The number of carbonyl (C=O) groups is 1. The fraction of sp³-hybridized carbons (Fsp3) is 0.733. The van der Waals surface area contributed by atoms with Crippen molar-refractivity contribution in [2.45, 2.75) is 38.6 Å². The van der Waals surface area contributed by atoms with Gasteiger partial charge in [0, 0.05) is 32.4 Å². The number of likely N-dealkylation sites (tertiary alicyclic amines) is 2. The molecule has 2 aliphatic heterocycles. The Morgan fingerprint density at radius 1 is 1.09 bits per heavy atom. The molecule has 0 N–H and O–H groups in total. The molecule has 122 valence electrons. The highest BCUT2D eigenvalue weighted by molar-refractivity contribution is 14.1. The second-order valence-corrected chi connectivity index (χ2v) is 7.11. The normalized spacial score (nSPS) is 19.6. The highest BCUT2D eigenvalue weighted by Crippen LogP contribution is 2.17. The average molecular weight is 418 g/mol. The first-order chi connectivity index (χ1) is 10.7. The number of hydrogen-bond acceptors (Lipinski definition) is 4. The maximum Gasteiger partial charge on any atom is 0.417 e. The third-order valence-electron chi connectivity index (χ3n) is 4.36. The molecule has 6 nitrogen and oxygen atoms in total. The van der Waals surface area contributed by atoms with Crippen molar-refractivity contribution < 1.29 is 9.53 Å². The van der Waals surface area contributed by atoms with E-state index in [9.17, 15) is 4.79 Å². The molecule has 2 saturated heterocycles. The van der Waals surface area contributed by atoms with E-state index >= 15 is 0 Å². The molecule has 0 atom stereocenters. The summed E-state index contributed by atoms with van der Waals surface area (Å²) in [5, 5.41) is 0. The Morgan fingerprint density at radius 2 is 1.77 bits per heavy atom. The van der Waals surface area contributed by atoms with E-state index in [-0.39, 0.29) is 6.09 Å². The zero-order valence-corrected chi connectivity index (χ0v) is 15.0. The van der Waals surface area contributed by atoms with E-state index in [2.05, 4.69) is 32.5 Å². The number of carbonyl (C=O) groups excluding carboxylic acids is 1. The summed E-state index contributed by atoms with van der Waals surface area (Å²) in [6.45, 7) is 5.75. The summed E-state index contributed by atoms with van der Waals surface area (Å²) in [6.07, 6.45) is 7.61. The molecule has 0 saturated carbocycles. The van der Waals surface area contributed by atoms with Crippen LogP contribution in [-0.4, -0.2) is 58.2 Å². The number of nitrogens with zero attached hydrogens (tertiary/aromatic N) is 4. The molecule has 3 heterocycles. The SMILES string of the molecule is O=C(Oc1nc(I)cn1CCN1CCCC1)N1CCCCC1. The smallest absolute Gasteiger partial charge is 0.375 e. The van der Waals surface area contributed by atoms with Gasteiger partial charge in [0.15, 0.2) is 0 Å². The predicted molar refractivity (Wildman–Crippen MR) is 92.1 cm³/mol. The minimum atomic E-state index is -0.260. The lowest BCUT2D eigenvalue weighted by molar-refractivity contribution is 0.137. The zero-order valence-electron chi connectivity index (χ0n) is 12.8. The van der Waals surface area contributed by atoms with Crippen LogP contribution >= 0.6 is 22.6 Å². The second kappa shape index (κ2) is 7.63. The van der Waals surface area contributed by atoms with Crippen LogP contribution in [0.3, 0.4) is 0 Å². The van der Waals surface area contributed by atoms with Crippen LogP contribution in [0.4, 0.5) is 4.79 Å². The zero-order chi connectivity index (χ0) is 15.4. The van der Waals surface area contributed by atoms with E-state index in [0.29, 0.717) is 6.01 Å². The molecule has 3 rings (SSSR count). The van der Waals surface area contributed by atoms with Crippen molar-refractivity contribution in [2.75, 3.05) is 32.7 Å². The highest BCUT2D eigenvalue weighted by atomic mass is 127. The minimum absolute atomic E-state index is 0.260. The molecule has 0 aromatic carbocycles. The van der Waals surface area contributed by atoms with Gasteiger partial charge in [-0.2, -0.15) is 4.98 Å². The summed E-state index contributed by atoms with van der Waals surface area (Å²) in [4.78, 5) is 20.8. The fourth-order valence-corrected chi connectivity index (χ4v) is 3.63. The Bertz CT molecular complexity index is 508. The van der Waals surface area contributed by atoms with Gasteiger partial charge in [-0.05, 0) is 67.8 Å². The fourth-order valence-electron chi connectivity index (χ4n) is 3.08. The van der Waals surface area contributed by atoms with Crippen molar-refractivity contribution >= 4 is 28.7 Å². The number of hydrogen-bond donors (Lipinski definition) is 0. The van der Waals surface area contributed by atoms with Gasteiger partial charge in [-0.3, -0.25) is 4.57 Å². The summed E-state index contributed by atoms with van der Waals surface area (Å²) in [6, 6.07) is 0.430. The van der Waals surface area contributed by atoms with Crippen LogP contribution in [0.2, 0.25) is 0 Å². The largest absolute Gasteiger partial charge is 0.417 e. The quantitative estimate of drug-likeness (QED) is 0.706. The topological polar surface area (TPSA) is 50.6 Å². The van der Waals surface area contributed by atoms with Crippen molar-refractivity contribution in [1.29, 1.82) is 0 Å². The number of amides is 1. The standard InChI is InChI=1S/C15H23IN4O2/c16-13-12-20(11-10-18-6-4-5-7-18)14(17-13)22-15(21)19-8-2-1-3-9-19/h12H,1-11H2. The van der Waals surface area contributed by atoms with Crippen LogP contribution in [0, 0.1) is 3.70 Å². The van der Waals surface area contributed by atoms with E-state index in [1.165, 1.54) is 32.4 Å². The summed E-state index contributed by atoms with van der Waals surface area (Å²) >= 11 is 2.17. The van der Waals surface area contributed by atoms with Crippen LogP contribution in [0.5, 0.6) is 6.01 Å². The van der Waals surface area contributed by atoms with E-state index in [1.54, 1.807) is 4.90 Å². The van der Waals surface area contributed by atoms with Gasteiger partial charge in [0.05, 0.1) is 0 Å². The lowest BCUT2D eigenvalue weighted by Crippen LogP contribution is -2.38. The Morgan fingerprint density at radius 3 is 2.50 bits per heavy atom. The molecule has 7 heteroatoms. The molecule has 0 aliphatic carbocycles. The highest BCUT2D eigenvalue weighted by Gasteiger charge is 2.21. The molecule has 0 radical (unpaired) electrons. The Labute approximate surface area is 144 Å².